The Labute approximate surface area is 123 Å². The molecule has 0 N–H and O–H groups in total. The highest BCUT2D eigenvalue weighted by Crippen LogP contribution is 2.25. The molecule has 0 bridgehead atoms. The number of hydrogen-bond acceptors (Lipinski definition) is 4. The molecule has 0 atom stereocenters. The minimum absolute atomic E-state index is 0.0757. The Bertz CT molecular complexity index is 579. The Morgan fingerprint density at radius 3 is 2.15 bits per heavy atom. The summed E-state index contributed by atoms with van der Waals surface area (Å²) in [6, 6.07) is 9.37. The number of thiophene rings is 1. The van der Waals surface area contributed by atoms with Crippen LogP contribution >= 0.6 is 11.3 Å². The van der Waals surface area contributed by atoms with E-state index in [0.29, 0.717) is 23.5 Å². The molecule has 0 aliphatic heterocycles. The first-order chi connectivity index (χ1) is 9.66. The number of carbonyl (C=O) groups is 1. The number of methoxy groups -OCH3 is 2. The lowest BCUT2D eigenvalue weighted by molar-refractivity contribution is 0.0993. The molecule has 0 amide bonds. The fraction of sp³-hybridized carbons (Fsp3) is 0.312. The monoisotopic (exact) mass is 290 g/mol. The Balaban J connectivity index is 2.19. The van der Waals surface area contributed by atoms with E-state index in [0.717, 1.165) is 11.3 Å². The highest BCUT2D eigenvalue weighted by Gasteiger charge is 2.12. The fourth-order valence-corrected chi connectivity index (χ4v) is 2.89. The quantitative estimate of drug-likeness (QED) is 0.760. The minimum atomic E-state index is 0.0757. The maximum absolute atomic E-state index is 12.3. The summed E-state index contributed by atoms with van der Waals surface area (Å²) in [5.41, 5.74) is 0.618. The van der Waals surface area contributed by atoms with Gasteiger partial charge in [0.1, 0.15) is 11.5 Å². The lowest BCUT2D eigenvalue weighted by Gasteiger charge is -2.07. The van der Waals surface area contributed by atoms with Crippen LogP contribution in [-0.4, -0.2) is 20.0 Å². The maximum atomic E-state index is 12.3. The number of Topliss-reactive ketones (excluding diaryl/α,β-unsaturated/α-hetero) is 1. The molecular weight excluding hydrogens is 272 g/mol. The molecule has 0 aliphatic rings. The van der Waals surface area contributed by atoms with Gasteiger partial charge in [0.25, 0.3) is 0 Å². The van der Waals surface area contributed by atoms with Crippen LogP contribution < -0.4 is 9.47 Å². The van der Waals surface area contributed by atoms with Crippen molar-refractivity contribution in [3.05, 3.63) is 45.6 Å². The van der Waals surface area contributed by atoms with Crippen LogP contribution in [0.15, 0.2) is 30.3 Å². The average molecular weight is 290 g/mol. The van der Waals surface area contributed by atoms with E-state index >= 15 is 0 Å². The lowest BCUT2D eigenvalue weighted by atomic mass is 10.1. The largest absolute Gasteiger partial charge is 0.497 e. The molecule has 2 aromatic rings. The Kier molecular flexibility index (Phi) is 4.79. The summed E-state index contributed by atoms with van der Waals surface area (Å²) in [5, 5.41) is 0. The van der Waals surface area contributed by atoms with E-state index in [1.807, 2.05) is 6.07 Å². The standard InChI is InChI=1S/C16H18O3S/c1-4-14-5-6-15(20-14)10-16(17)11-7-12(18-2)9-13(8-11)19-3/h5-9H,4,10H2,1-3H3. The van der Waals surface area contributed by atoms with Gasteiger partial charge < -0.3 is 9.47 Å². The van der Waals surface area contributed by atoms with Crippen LogP contribution in [0.25, 0.3) is 0 Å². The number of ether oxygens (including phenoxy) is 2. The van der Waals surface area contributed by atoms with Gasteiger partial charge in [0, 0.05) is 27.8 Å². The van der Waals surface area contributed by atoms with Crippen molar-refractivity contribution in [2.45, 2.75) is 19.8 Å². The predicted molar refractivity (Wildman–Crippen MR) is 81.3 cm³/mol. The number of hydrogen-bond donors (Lipinski definition) is 0. The van der Waals surface area contributed by atoms with Crippen molar-refractivity contribution >= 4 is 17.1 Å². The zero-order chi connectivity index (χ0) is 14.5. The molecule has 0 aliphatic carbocycles. The van der Waals surface area contributed by atoms with Gasteiger partial charge in [-0.2, -0.15) is 0 Å². The molecule has 4 heteroatoms. The molecule has 20 heavy (non-hydrogen) atoms. The summed E-state index contributed by atoms with van der Waals surface area (Å²) < 4.78 is 10.4. The summed E-state index contributed by atoms with van der Waals surface area (Å²) in [6.45, 7) is 2.12. The third kappa shape index (κ3) is 3.39. The molecule has 2 rings (SSSR count). The molecule has 0 saturated carbocycles. The topological polar surface area (TPSA) is 35.5 Å². The maximum Gasteiger partial charge on any atom is 0.168 e. The van der Waals surface area contributed by atoms with E-state index in [1.54, 1.807) is 43.8 Å². The van der Waals surface area contributed by atoms with Crippen LogP contribution in [0.1, 0.15) is 27.0 Å². The molecule has 1 aromatic heterocycles. The highest BCUT2D eigenvalue weighted by atomic mass is 32.1. The fourth-order valence-electron chi connectivity index (χ4n) is 1.94. The molecule has 106 valence electrons. The summed E-state index contributed by atoms with van der Waals surface area (Å²) >= 11 is 1.69. The molecule has 0 fully saturated rings. The predicted octanol–water partition coefficient (Wildman–Crippen LogP) is 3.75. The summed E-state index contributed by atoms with van der Waals surface area (Å²) in [6.07, 6.45) is 1.42. The number of ketones is 1. The van der Waals surface area contributed by atoms with Crippen molar-refractivity contribution in [1.82, 2.24) is 0 Å². The van der Waals surface area contributed by atoms with Gasteiger partial charge in [-0.25, -0.2) is 0 Å². The van der Waals surface area contributed by atoms with E-state index in [1.165, 1.54) is 4.88 Å². The minimum Gasteiger partial charge on any atom is -0.497 e. The molecule has 1 aromatic carbocycles. The number of rotatable bonds is 6. The van der Waals surface area contributed by atoms with Crippen molar-refractivity contribution in [2.24, 2.45) is 0 Å². The van der Waals surface area contributed by atoms with Crippen LogP contribution in [0.2, 0.25) is 0 Å². The van der Waals surface area contributed by atoms with Gasteiger partial charge in [-0.05, 0) is 30.7 Å². The third-order valence-electron chi connectivity index (χ3n) is 3.07. The summed E-state index contributed by atoms with van der Waals surface area (Å²) in [4.78, 5) is 14.7. The first-order valence-electron chi connectivity index (χ1n) is 6.50. The van der Waals surface area contributed by atoms with Crippen molar-refractivity contribution in [2.75, 3.05) is 14.2 Å². The van der Waals surface area contributed by atoms with Gasteiger partial charge >= 0.3 is 0 Å². The smallest absolute Gasteiger partial charge is 0.168 e. The number of carbonyl (C=O) groups excluding carboxylic acids is 1. The van der Waals surface area contributed by atoms with Crippen LogP contribution in [0.5, 0.6) is 11.5 Å². The van der Waals surface area contributed by atoms with E-state index < -0.39 is 0 Å². The van der Waals surface area contributed by atoms with Crippen LogP contribution in [0, 0.1) is 0 Å². The van der Waals surface area contributed by atoms with Crippen LogP contribution in [0.4, 0.5) is 0 Å². The van der Waals surface area contributed by atoms with Gasteiger partial charge in [0.05, 0.1) is 14.2 Å². The lowest BCUT2D eigenvalue weighted by Crippen LogP contribution is -2.03. The molecule has 1 heterocycles. The Morgan fingerprint density at radius 1 is 1.05 bits per heavy atom. The second kappa shape index (κ2) is 6.57. The van der Waals surface area contributed by atoms with Crippen LogP contribution in [0.3, 0.4) is 0 Å². The third-order valence-corrected chi connectivity index (χ3v) is 4.30. The number of benzene rings is 1. The molecule has 0 saturated heterocycles. The first-order valence-corrected chi connectivity index (χ1v) is 7.31. The average Bonchev–Trinajstić information content (AvgIpc) is 2.94. The molecule has 0 spiro atoms. The van der Waals surface area contributed by atoms with E-state index in [2.05, 4.69) is 13.0 Å². The zero-order valence-electron chi connectivity index (χ0n) is 11.9. The Morgan fingerprint density at radius 2 is 1.65 bits per heavy atom. The number of aryl methyl sites for hydroxylation is 1. The summed E-state index contributed by atoms with van der Waals surface area (Å²) in [5.74, 6) is 1.34. The molecule has 0 unspecified atom stereocenters. The second-order valence-corrected chi connectivity index (χ2v) is 5.68. The first kappa shape index (κ1) is 14.6. The Hall–Kier alpha value is -1.81. The summed E-state index contributed by atoms with van der Waals surface area (Å²) in [7, 11) is 3.16. The van der Waals surface area contributed by atoms with Crippen molar-refractivity contribution < 1.29 is 14.3 Å². The van der Waals surface area contributed by atoms with Gasteiger partial charge in [0.2, 0.25) is 0 Å². The van der Waals surface area contributed by atoms with E-state index in [9.17, 15) is 4.79 Å². The highest BCUT2D eigenvalue weighted by molar-refractivity contribution is 7.12. The van der Waals surface area contributed by atoms with Crippen molar-refractivity contribution in [3.63, 3.8) is 0 Å². The second-order valence-electron chi connectivity index (χ2n) is 4.42. The molecule has 3 nitrogen and oxygen atoms in total. The zero-order valence-corrected chi connectivity index (χ0v) is 12.8. The van der Waals surface area contributed by atoms with Gasteiger partial charge in [-0.1, -0.05) is 6.92 Å². The van der Waals surface area contributed by atoms with E-state index in [4.69, 9.17) is 9.47 Å². The normalized spacial score (nSPS) is 10.3. The van der Waals surface area contributed by atoms with Gasteiger partial charge in [-0.15, -0.1) is 11.3 Å². The molecule has 0 radical (unpaired) electrons. The SMILES string of the molecule is CCc1ccc(CC(=O)c2cc(OC)cc(OC)c2)s1. The van der Waals surface area contributed by atoms with Gasteiger partial charge in [0.15, 0.2) is 5.78 Å². The van der Waals surface area contributed by atoms with Gasteiger partial charge in [-0.3, -0.25) is 4.79 Å². The molecular formula is C16H18O3S. The van der Waals surface area contributed by atoms with Crippen LogP contribution in [-0.2, 0) is 12.8 Å². The van der Waals surface area contributed by atoms with E-state index in [-0.39, 0.29) is 5.78 Å². The van der Waals surface area contributed by atoms with Crippen molar-refractivity contribution in [1.29, 1.82) is 0 Å². The van der Waals surface area contributed by atoms with Crippen molar-refractivity contribution in [3.8, 4) is 11.5 Å².